The number of ether oxygens (including phenoxy) is 1. The first-order valence-electron chi connectivity index (χ1n) is 8.03. The Morgan fingerprint density at radius 3 is 2.36 bits per heavy atom. The maximum Gasteiger partial charge on any atom is 0.253 e. The molecule has 0 bridgehead atoms. The van der Waals surface area contributed by atoms with E-state index < -0.39 is 10.0 Å². The van der Waals surface area contributed by atoms with Gasteiger partial charge in [0, 0.05) is 38.3 Å². The van der Waals surface area contributed by atoms with Crippen molar-refractivity contribution in [3.63, 3.8) is 0 Å². The number of rotatable bonds is 7. The Bertz CT molecular complexity index is 644. The van der Waals surface area contributed by atoms with Crippen LogP contribution in [0.5, 0.6) is 0 Å². The Kier molecular flexibility index (Phi) is 8.81. The van der Waals surface area contributed by atoms with Crippen LogP contribution in [0.2, 0.25) is 0 Å². The summed E-state index contributed by atoms with van der Waals surface area (Å²) in [5.41, 5.74) is 0.508. The highest BCUT2D eigenvalue weighted by Crippen LogP contribution is 2.16. The zero-order valence-corrected chi connectivity index (χ0v) is 16.2. The van der Waals surface area contributed by atoms with Crippen molar-refractivity contribution in [1.82, 2.24) is 14.9 Å². The van der Waals surface area contributed by atoms with E-state index in [2.05, 4.69) is 10.0 Å². The maximum absolute atomic E-state index is 12.5. The lowest BCUT2D eigenvalue weighted by Crippen LogP contribution is -2.43. The number of nitrogens with one attached hydrogen (secondary N) is 2. The molecule has 0 radical (unpaired) electrons. The Morgan fingerprint density at radius 1 is 1.24 bits per heavy atom. The quantitative estimate of drug-likeness (QED) is 0.673. The van der Waals surface area contributed by atoms with Gasteiger partial charge in [-0.2, -0.15) is 0 Å². The molecule has 142 valence electrons. The van der Waals surface area contributed by atoms with Crippen LogP contribution in [0.4, 0.5) is 0 Å². The summed E-state index contributed by atoms with van der Waals surface area (Å²) in [5.74, 6) is -0.0548. The fourth-order valence-corrected chi connectivity index (χ4v) is 3.71. The summed E-state index contributed by atoms with van der Waals surface area (Å²) in [5, 5.41) is 3.23. The highest BCUT2D eigenvalue weighted by atomic mass is 35.5. The fraction of sp³-hybridized carbons (Fsp3) is 0.562. The van der Waals surface area contributed by atoms with Gasteiger partial charge in [-0.05, 0) is 44.2 Å². The standard InChI is InChI=1S/C16H25N3O4S.ClH/c1-17-14-7-10-19(11-8-14)16(20)13-3-5-15(6-4-13)24(21,22)18-9-12-23-2;/h3-6,14,17-18H,7-12H2,1-2H3;1H. The Labute approximate surface area is 155 Å². The molecule has 0 spiro atoms. The predicted molar refractivity (Wildman–Crippen MR) is 98.7 cm³/mol. The molecule has 1 aliphatic rings. The Morgan fingerprint density at radius 2 is 1.84 bits per heavy atom. The normalized spacial score (nSPS) is 15.7. The molecule has 2 N–H and O–H groups in total. The van der Waals surface area contributed by atoms with Gasteiger partial charge in [0.25, 0.3) is 5.91 Å². The molecule has 1 aromatic carbocycles. The lowest BCUT2D eigenvalue weighted by atomic mass is 10.0. The van der Waals surface area contributed by atoms with Crippen molar-refractivity contribution in [2.45, 2.75) is 23.8 Å². The van der Waals surface area contributed by atoms with Crippen molar-refractivity contribution in [2.75, 3.05) is 40.4 Å². The summed E-state index contributed by atoms with van der Waals surface area (Å²) in [6, 6.07) is 6.51. The maximum atomic E-state index is 12.5. The summed E-state index contributed by atoms with van der Waals surface area (Å²) in [6.07, 6.45) is 1.86. The van der Waals surface area contributed by atoms with Gasteiger partial charge in [0.05, 0.1) is 11.5 Å². The van der Waals surface area contributed by atoms with Crippen LogP contribution in [0.25, 0.3) is 0 Å². The number of carbonyl (C=O) groups is 1. The van der Waals surface area contributed by atoms with E-state index in [0.717, 1.165) is 12.8 Å². The van der Waals surface area contributed by atoms with Crippen molar-refractivity contribution < 1.29 is 17.9 Å². The highest BCUT2D eigenvalue weighted by Gasteiger charge is 2.23. The molecular formula is C16H26ClN3O4S. The van der Waals surface area contributed by atoms with Gasteiger partial charge in [-0.25, -0.2) is 13.1 Å². The van der Waals surface area contributed by atoms with E-state index >= 15 is 0 Å². The number of halogens is 1. The van der Waals surface area contributed by atoms with Crippen LogP contribution >= 0.6 is 12.4 Å². The summed E-state index contributed by atoms with van der Waals surface area (Å²) < 4.78 is 31.4. The molecule has 1 aromatic rings. The van der Waals surface area contributed by atoms with Gasteiger partial charge >= 0.3 is 0 Å². The van der Waals surface area contributed by atoms with Gasteiger partial charge in [-0.1, -0.05) is 0 Å². The van der Waals surface area contributed by atoms with Crippen LogP contribution < -0.4 is 10.0 Å². The van der Waals surface area contributed by atoms with Gasteiger partial charge in [-0.3, -0.25) is 4.79 Å². The number of nitrogens with zero attached hydrogens (tertiary/aromatic N) is 1. The lowest BCUT2D eigenvalue weighted by Gasteiger charge is -2.31. The Balaban J connectivity index is 0.00000312. The highest BCUT2D eigenvalue weighted by molar-refractivity contribution is 7.89. The molecule has 0 saturated carbocycles. The van der Waals surface area contributed by atoms with Crippen molar-refractivity contribution in [2.24, 2.45) is 0 Å². The fourth-order valence-electron chi connectivity index (χ4n) is 2.69. The molecule has 1 heterocycles. The molecule has 0 atom stereocenters. The van der Waals surface area contributed by atoms with Gasteiger partial charge in [0.1, 0.15) is 0 Å². The van der Waals surface area contributed by atoms with Crippen LogP contribution in [-0.2, 0) is 14.8 Å². The molecule has 1 aliphatic heterocycles. The minimum absolute atomic E-state index is 0. The van der Waals surface area contributed by atoms with E-state index in [9.17, 15) is 13.2 Å². The minimum Gasteiger partial charge on any atom is -0.383 e. The van der Waals surface area contributed by atoms with Crippen LogP contribution in [0, 0.1) is 0 Å². The Hall–Kier alpha value is -1.19. The number of piperidine rings is 1. The second-order valence-corrected chi connectivity index (χ2v) is 7.54. The van der Waals surface area contributed by atoms with Crippen LogP contribution in [0.3, 0.4) is 0 Å². The topological polar surface area (TPSA) is 87.7 Å². The van der Waals surface area contributed by atoms with Crippen molar-refractivity contribution in [3.8, 4) is 0 Å². The summed E-state index contributed by atoms with van der Waals surface area (Å²) >= 11 is 0. The smallest absolute Gasteiger partial charge is 0.253 e. The van der Waals surface area contributed by atoms with E-state index in [4.69, 9.17) is 4.74 Å². The molecule has 0 aromatic heterocycles. The van der Waals surface area contributed by atoms with E-state index in [0.29, 0.717) is 31.3 Å². The van der Waals surface area contributed by atoms with Crippen LogP contribution in [0.15, 0.2) is 29.2 Å². The second-order valence-electron chi connectivity index (χ2n) is 5.77. The molecule has 25 heavy (non-hydrogen) atoms. The van der Waals surface area contributed by atoms with Crippen molar-refractivity contribution >= 4 is 28.3 Å². The van der Waals surface area contributed by atoms with Crippen molar-refractivity contribution in [1.29, 1.82) is 0 Å². The van der Waals surface area contributed by atoms with Crippen LogP contribution in [0.1, 0.15) is 23.2 Å². The largest absolute Gasteiger partial charge is 0.383 e. The lowest BCUT2D eigenvalue weighted by molar-refractivity contribution is 0.0707. The third kappa shape index (κ3) is 5.93. The van der Waals surface area contributed by atoms with Gasteiger partial charge in [-0.15, -0.1) is 12.4 Å². The van der Waals surface area contributed by atoms with E-state index in [1.165, 1.54) is 19.2 Å². The van der Waals surface area contributed by atoms with E-state index in [1.807, 2.05) is 11.9 Å². The third-order valence-electron chi connectivity index (χ3n) is 4.20. The second kappa shape index (κ2) is 10.1. The summed E-state index contributed by atoms with van der Waals surface area (Å²) in [4.78, 5) is 14.4. The molecule has 1 fully saturated rings. The average Bonchev–Trinajstić information content (AvgIpc) is 2.61. The molecule has 1 amide bonds. The first-order chi connectivity index (χ1) is 11.5. The third-order valence-corrected chi connectivity index (χ3v) is 5.68. The monoisotopic (exact) mass is 391 g/mol. The molecule has 0 aliphatic carbocycles. The van der Waals surface area contributed by atoms with Gasteiger partial charge in [0.2, 0.25) is 10.0 Å². The van der Waals surface area contributed by atoms with E-state index in [1.54, 1.807) is 12.1 Å². The number of carbonyl (C=O) groups excluding carboxylic acids is 1. The number of likely N-dealkylation sites (tertiary alicyclic amines) is 1. The van der Waals surface area contributed by atoms with Gasteiger partial charge in [0.15, 0.2) is 0 Å². The number of amides is 1. The first kappa shape index (κ1) is 21.9. The number of benzene rings is 1. The minimum atomic E-state index is -3.57. The molecule has 9 heteroatoms. The van der Waals surface area contributed by atoms with Crippen molar-refractivity contribution in [3.05, 3.63) is 29.8 Å². The molecular weight excluding hydrogens is 366 g/mol. The molecule has 7 nitrogen and oxygen atoms in total. The average molecular weight is 392 g/mol. The summed E-state index contributed by atoms with van der Waals surface area (Å²) in [7, 11) is -0.133. The molecule has 2 rings (SSSR count). The number of sulfonamides is 1. The van der Waals surface area contributed by atoms with E-state index in [-0.39, 0.29) is 29.8 Å². The number of hydrogen-bond donors (Lipinski definition) is 2. The van der Waals surface area contributed by atoms with Crippen LogP contribution in [-0.4, -0.2) is 65.7 Å². The predicted octanol–water partition coefficient (Wildman–Crippen LogP) is 0.857. The molecule has 1 saturated heterocycles. The summed E-state index contributed by atoms with van der Waals surface area (Å²) in [6.45, 7) is 1.93. The number of methoxy groups -OCH3 is 1. The number of hydrogen-bond acceptors (Lipinski definition) is 5. The van der Waals surface area contributed by atoms with Gasteiger partial charge < -0.3 is 15.0 Å². The molecule has 0 unspecified atom stereocenters. The first-order valence-corrected chi connectivity index (χ1v) is 9.51. The SMILES string of the molecule is CNC1CCN(C(=O)c2ccc(S(=O)(=O)NCCOC)cc2)CC1.Cl. The zero-order valence-electron chi connectivity index (χ0n) is 14.5. The zero-order chi connectivity index (χ0) is 17.6.